The minimum Gasteiger partial charge on any atom is -0.326 e. The number of nitrogens with zero attached hydrogens (tertiary/aromatic N) is 1. The maximum Gasteiger partial charge on any atom is 0.0247 e. The zero-order valence-electron chi connectivity index (χ0n) is 11.8. The summed E-state index contributed by atoms with van der Waals surface area (Å²) >= 11 is 0. The molecule has 2 heteroatoms. The molecule has 0 amide bonds. The summed E-state index contributed by atoms with van der Waals surface area (Å²) in [6.45, 7) is 7.30. The van der Waals surface area contributed by atoms with Crippen molar-refractivity contribution >= 4 is 0 Å². The Morgan fingerprint density at radius 2 is 1.65 bits per heavy atom. The third-order valence-electron chi connectivity index (χ3n) is 4.89. The van der Waals surface area contributed by atoms with Crippen LogP contribution >= 0.6 is 0 Å². The Bertz CT molecular complexity index is 225. The van der Waals surface area contributed by atoms with E-state index in [0.29, 0.717) is 17.5 Å². The lowest BCUT2D eigenvalue weighted by molar-refractivity contribution is -0.0575. The van der Waals surface area contributed by atoms with Crippen LogP contribution in [0.15, 0.2) is 0 Å². The van der Waals surface area contributed by atoms with Crippen LogP contribution < -0.4 is 5.73 Å². The first kappa shape index (κ1) is 13.4. The lowest BCUT2D eigenvalue weighted by Gasteiger charge is -2.55. The zero-order valence-corrected chi connectivity index (χ0v) is 11.8. The van der Waals surface area contributed by atoms with E-state index in [9.17, 15) is 0 Å². The molecule has 2 aliphatic rings. The molecular formula is C15H30N2. The molecule has 100 valence electrons. The van der Waals surface area contributed by atoms with Gasteiger partial charge in [-0.2, -0.15) is 0 Å². The van der Waals surface area contributed by atoms with Gasteiger partial charge in [-0.25, -0.2) is 0 Å². The lowest BCUT2D eigenvalue weighted by Crippen LogP contribution is -2.64. The van der Waals surface area contributed by atoms with Gasteiger partial charge in [0.25, 0.3) is 0 Å². The van der Waals surface area contributed by atoms with E-state index in [1.54, 1.807) is 0 Å². The molecule has 17 heavy (non-hydrogen) atoms. The SMILES string of the molecule is CCCC1(CCC)CN([C@@H]2CCCC[C@H]2N)C1. The van der Waals surface area contributed by atoms with Crippen LogP contribution in [0.4, 0.5) is 0 Å². The van der Waals surface area contributed by atoms with Gasteiger partial charge in [0.1, 0.15) is 0 Å². The zero-order chi connectivity index (χ0) is 12.3. The Balaban J connectivity index is 1.86. The first-order valence-electron chi connectivity index (χ1n) is 7.70. The second-order valence-corrected chi connectivity index (χ2v) is 6.42. The van der Waals surface area contributed by atoms with E-state index in [4.69, 9.17) is 5.73 Å². The van der Waals surface area contributed by atoms with Crippen LogP contribution in [0, 0.1) is 5.41 Å². The maximum absolute atomic E-state index is 6.28. The number of likely N-dealkylation sites (tertiary alicyclic amines) is 1. The van der Waals surface area contributed by atoms with Crippen molar-refractivity contribution in [1.82, 2.24) is 4.90 Å². The van der Waals surface area contributed by atoms with Gasteiger partial charge in [0, 0.05) is 25.2 Å². The van der Waals surface area contributed by atoms with Gasteiger partial charge in [-0.1, -0.05) is 39.5 Å². The number of rotatable bonds is 5. The Morgan fingerprint density at radius 3 is 2.18 bits per heavy atom. The molecule has 1 aliphatic carbocycles. The summed E-state index contributed by atoms with van der Waals surface area (Å²) < 4.78 is 0. The fraction of sp³-hybridized carbons (Fsp3) is 1.00. The van der Waals surface area contributed by atoms with Crippen LogP contribution in [-0.2, 0) is 0 Å². The van der Waals surface area contributed by atoms with Gasteiger partial charge < -0.3 is 5.73 Å². The highest BCUT2D eigenvalue weighted by molar-refractivity contribution is 5.00. The third kappa shape index (κ3) is 2.85. The van der Waals surface area contributed by atoms with Crippen LogP contribution in [0.2, 0.25) is 0 Å². The van der Waals surface area contributed by atoms with Gasteiger partial charge in [-0.05, 0) is 31.1 Å². The first-order chi connectivity index (χ1) is 8.21. The molecule has 1 saturated heterocycles. The molecule has 1 saturated carbocycles. The van der Waals surface area contributed by atoms with Crippen molar-refractivity contribution in [2.75, 3.05) is 13.1 Å². The monoisotopic (exact) mass is 238 g/mol. The van der Waals surface area contributed by atoms with Gasteiger partial charge >= 0.3 is 0 Å². The molecule has 2 atom stereocenters. The van der Waals surface area contributed by atoms with Crippen LogP contribution in [0.25, 0.3) is 0 Å². The van der Waals surface area contributed by atoms with Gasteiger partial charge in [0.05, 0.1) is 0 Å². The van der Waals surface area contributed by atoms with E-state index in [1.807, 2.05) is 0 Å². The summed E-state index contributed by atoms with van der Waals surface area (Å²) in [6.07, 6.45) is 10.8. The van der Waals surface area contributed by atoms with E-state index in [1.165, 1.54) is 64.5 Å². The third-order valence-corrected chi connectivity index (χ3v) is 4.89. The van der Waals surface area contributed by atoms with E-state index in [-0.39, 0.29) is 0 Å². The summed E-state index contributed by atoms with van der Waals surface area (Å²) in [5.41, 5.74) is 6.94. The average Bonchev–Trinajstić information content (AvgIpc) is 2.26. The minimum atomic E-state index is 0.449. The van der Waals surface area contributed by atoms with E-state index in [2.05, 4.69) is 18.7 Å². The standard InChI is InChI=1S/C15H30N2/c1-3-9-15(10-4-2)11-17(12-15)14-8-6-5-7-13(14)16/h13-14H,3-12,16H2,1-2H3/t13-,14-/m1/s1. The summed E-state index contributed by atoms with van der Waals surface area (Å²) in [6, 6.07) is 1.15. The molecular weight excluding hydrogens is 208 g/mol. The highest BCUT2D eigenvalue weighted by Gasteiger charge is 2.45. The second-order valence-electron chi connectivity index (χ2n) is 6.42. The van der Waals surface area contributed by atoms with Crippen molar-refractivity contribution in [3.8, 4) is 0 Å². The first-order valence-corrected chi connectivity index (χ1v) is 7.70. The van der Waals surface area contributed by atoms with Gasteiger partial charge in [0.15, 0.2) is 0 Å². The van der Waals surface area contributed by atoms with Gasteiger partial charge in [0.2, 0.25) is 0 Å². The summed E-state index contributed by atoms with van der Waals surface area (Å²) in [5, 5.41) is 0. The molecule has 2 fully saturated rings. The van der Waals surface area contributed by atoms with Crippen LogP contribution in [-0.4, -0.2) is 30.1 Å². The minimum absolute atomic E-state index is 0.449. The predicted molar refractivity (Wildman–Crippen MR) is 74.1 cm³/mol. The fourth-order valence-electron chi connectivity index (χ4n) is 4.15. The van der Waals surface area contributed by atoms with Crippen LogP contribution in [0.3, 0.4) is 0 Å². The molecule has 1 aliphatic heterocycles. The Kier molecular flexibility index (Phi) is 4.48. The van der Waals surface area contributed by atoms with Crippen molar-refractivity contribution in [3.63, 3.8) is 0 Å². The van der Waals surface area contributed by atoms with E-state index >= 15 is 0 Å². The average molecular weight is 238 g/mol. The quantitative estimate of drug-likeness (QED) is 0.797. The van der Waals surface area contributed by atoms with E-state index < -0.39 is 0 Å². The normalized spacial score (nSPS) is 33.4. The molecule has 0 aromatic rings. The summed E-state index contributed by atoms with van der Waals surface area (Å²) in [4.78, 5) is 2.69. The molecule has 1 heterocycles. The Hall–Kier alpha value is -0.0800. The number of nitrogens with two attached hydrogens (primary N) is 1. The molecule has 0 aromatic heterocycles. The van der Waals surface area contributed by atoms with Crippen molar-refractivity contribution in [2.24, 2.45) is 11.1 Å². The second kappa shape index (κ2) is 5.71. The van der Waals surface area contributed by atoms with Crippen molar-refractivity contribution in [3.05, 3.63) is 0 Å². The smallest absolute Gasteiger partial charge is 0.0247 e. The Labute approximate surface area is 107 Å². The Morgan fingerprint density at radius 1 is 1.06 bits per heavy atom. The highest BCUT2D eigenvalue weighted by atomic mass is 15.2. The fourth-order valence-corrected chi connectivity index (χ4v) is 4.15. The number of hydrogen-bond donors (Lipinski definition) is 1. The molecule has 2 nitrogen and oxygen atoms in total. The molecule has 2 rings (SSSR count). The molecule has 0 spiro atoms. The van der Waals surface area contributed by atoms with Crippen molar-refractivity contribution < 1.29 is 0 Å². The van der Waals surface area contributed by atoms with E-state index in [0.717, 1.165) is 0 Å². The molecule has 0 unspecified atom stereocenters. The van der Waals surface area contributed by atoms with Crippen LogP contribution in [0.1, 0.15) is 65.2 Å². The summed E-state index contributed by atoms with van der Waals surface area (Å²) in [5.74, 6) is 0. The molecule has 2 N–H and O–H groups in total. The maximum atomic E-state index is 6.28. The summed E-state index contributed by atoms with van der Waals surface area (Å²) in [7, 11) is 0. The topological polar surface area (TPSA) is 29.3 Å². The predicted octanol–water partition coefficient (Wildman–Crippen LogP) is 3.16. The van der Waals surface area contributed by atoms with Crippen molar-refractivity contribution in [1.29, 1.82) is 0 Å². The molecule has 0 aromatic carbocycles. The molecule has 0 radical (unpaired) electrons. The largest absolute Gasteiger partial charge is 0.326 e. The number of hydrogen-bond acceptors (Lipinski definition) is 2. The molecule has 0 bridgehead atoms. The van der Waals surface area contributed by atoms with Gasteiger partial charge in [-0.15, -0.1) is 0 Å². The lowest BCUT2D eigenvalue weighted by atomic mass is 9.71. The van der Waals surface area contributed by atoms with Gasteiger partial charge in [-0.3, -0.25) is 4.90 Å². The van der Waals surface area contributed by atoms with Crippen molar-refractivity contribution in [2.45, 2.75) is 77.3 Å². The van der Waals surface area contributed by atoms with Crippen LogP contribution in [0.5, 0.6) is 0 Å². The highest BCUT2D eigenvalue weighted by Crippen LogP contribution is 2.42.